The van der Waals surface area contributed by atoms with Crippen molar-refractivity contribution in [2.75, 3.05) is 26.6 Å². The Morgan fingerprint density at radius 1 is 1.08 bits per heavy atom. The number of hydrogen-bond donors (Lipinski definition) is 1. The molecule has 0 bridgehead atoms. The number of carbonyl (C=O) groups is 1. The molecule has 0 unspecified atom stereocenters. The molecular weight excluding hydrogens is 306 g/mol. The minimum Gasteiger partial charge on any atom is -0.497 e. The van der Waals surface area contributed by atoms with E-state index in [4.69, 9.17) is 14.2 Å². The van der Waals surface area contributed by atoms with Crippen molar-refractivity contribution in [2.45, 2.75) is 6.42 Å². The SMILES string of the molecule is C=CCc1cc(C(=O)Nc2ccc(OC)cc2)cc(OC)c1OC. The van der Waals surface area contributed by atoms with Crippen LogP contribution in [0.1, 0.15) is 15.9 Å². The number of benzene rings is 2. The third-order valence-corrected chi connectivity index (χ3v) is 3.53. The fourth-order valence-corrected chi connectivity index (χ4v) is 2.36. The van der Waals surface area contributed by atoms with E-state index >= 15 is 0 Å². The molecule has 0 saturated heterocycles. The van der Waals surface area contributed by atoms with Crippen molar-refractivity contribution in [1.29, 1.82) is 0 Å². The zero-order valence-electron chi connectivity index (χ0n) is 14.1. The summed E-state index contributed by atoms with van der Waals surface area (Å²) in [5.74, 6) is 1.62. The van der Waals surface area contributed by atoms with Crippen molar-refractivity contribution in [3.63, 3.8) is 0 Å². The average Bonchev–Trinajstić information content (AvgIpc) is 2.61. The quantitative estimate of drug-likeness (QED) is 0.788. The largest absolute Gasteiger partial charge is 0.497 e. The van der Waals surface area contributed by atoms with Gasteiger partial charge >= 0.3 is 0 Å². The van der Waals surface area contributed by atoms with Crippen LogP contribution in [0.5, 0.6) is 17.2 Å². The molecule has 0 heterocycles. The van der Waals surface area contributed by atoms with Gasteiger partial charge in [0.15, 0.2) is 11.5 Å². The van der Waals surface area contributed by atoms with Crippen LogP contribution < -0.4 is 19.5 Å². The van der Waals surface area contributed by atoms with Crippen LogP contribution in [-0.2, 0) is 6.42 Å². The second-order valence-electron chi connectivity index (χ2n) is 5.05. The summed E-state index contributed by atoms with van der Waals surface area (Å²) in [6.07, 6.45) is 2.33. The van der Waals surface area contributed by atoms with Crippen LogP contribution in [0.25, 0.3) is 0 Å². The predicted octanol–water partition coefficient (Wildman–Crippen LogP) is 3.69. The van der Waals surface area contributed by atoms with Gasteiger partial charge in [0, 0.05) is 16.8 Å². The first-order chi connectivity index (χ1) is 11.6. The van der Waals surface area contributed by atoms with Crippen LogP contribution in [0.2, 0.25) is 0 Å². The summed E-state index contributed by atoms with van der Waals surface area (Å²) in [7, 11) is 4.71. The Morgan fingerprint density at radius 2 is 1.79 bits per heavy atom. The molecule has 1 amide bonds. The molecule has 0 radical (unpaired) electrons. The predicted molar refractivity (Wildman–Crippen MR) is 94.4 cm³/mol. The number of rotatable bonds is 7. The molecule has 0 atom stereocenters. The lowest BCUT2D eigenvalue weighted by Crippen LogP contribution is -2.13. The van der Waals surface area contributed by atoms with E-state index in [9.17, 15) is 4.79 Å². The van der Waals surface area contributed by atoms with Gasteiger partial charge in [-0.1, -0.05) is 6.08 Å². The first-order valence-electron chi connectivity index (χ1n) is 7.44. The Hall–Kier alpha value is -2.95. The number of amides is 1. The maximum Gasteiger partial charge on any atom is 0.255 e. The Morgan fingerprint density at radius 3 is 2.33 bits per heavy atom. The molecule has 0 aliphatic rings. The molecule has 0 saturated carbocycles. The molecule has 0 aromatic heterocycles. The normalized spacial score (nSPS) is 9.96. The van der Waals surface area contributed by atoms with E-state index in [1.165, 1.54) is 0 Å². The van der Waals surface area contributed by atoms with E-state index in [2.05, 4.69) is 11.9 Å². The summed E-state index contributed by atoms with van der Waals surface area (Å²) < 4.78 is 15.8. The molecule has 0 fully saturated rings. The molecule has 2 rings (SSSR count). The number of nitrogens with one attached hydrogen (secondary N) is 1. The highest BCUT2D eigenvalue weighted by Crippen LogP contribution is 2.33. The average molecular weight is 327 g/mol. The van der Waals surface area contributed by atoms with Crippen LogP contribution in [0, 0.1) is 0 Å². The van der Waals surface area contributed by atoms with Gasteiger partial charge in [-0.05, 0) is 42.8 Å². The molecular formula is C19H21NO4. The molecule has 0 aliphatic carbocycles. The van der Waals surface area contributed by atoms with Crippen molar-refractivity contribution in [3.05, 3.63) is 60.2 Å². The second kappa shape index (κ2) is 8.06. The van der Waals surface area contributed by atoms with E-state index in [1.807, 2.05) is 0 Å². The number of allylic oxidation sites excluding steroid dienone is 1. The van der Waals surface area contributed by atoms with E-state index in [1.54, 1.807) is 63.8 Å². The zero-order chi connectivity index (χ0) is 17.5. The Balaban J connectivity index is 2.30. The van der Waals surface area contributed by atoms with Gasteiger partial charge in [-0.2, -0.15) is 0 Å². The maximum absolute atomic E-state index is 12.5. The fraction of sp³-hybridized carbons (Fsp3) is 0.211. The highest BCUT2D eigenvalue weighted by molar-refractivity contribution is 6.04. The van der Waals surface area contributed by atoms with Crippen LogP contribution in [0.4, 0.5) is 5.69 Å². The van der Waals surface area contributed by atoms with Crippen LogP contribution >= 0.6 is 0 Å². The van der Waals surface area contributed by atoms with Crippen LogP contribution in [0.15, 0.2) is 49.1 Å². The Kier molecular flexibility index (Phi) is 5.84. The van der Waals surface area contributed by atoms with Crippen molar-refractivity contribution in [1.82, 2.24) is 0 Å². The zero-order valence-corrected chi connectivity index (χ0v) is 14.1. The summed E-state index contributed by atoms with van der Waals surface area (Å²) >= 11 is 0. The van der Waals surface area contributed by atoms with Gasteiger partial charge < -0.3 is 19.5 Å². The van der Waals surface area contributed by atoms with Crippen LogP contribution in [0.3, 0.4) is 0 Å². The monoisotopic (exact) mass is 327 g/mol. The fourth-order valence-electron chi connectivity index (χ4n) is 2.36. The highest BCUT2D eigenvalue weighted by atomic mass is 16.5. The van der Waals surface area contributed by atoms with Gasteiger partial charge in [-0.25, -0.2) is 0 Å². The highest BCUT2D eigenvalue weighted by Gasteiger charge is 2.15. The number of ether oxygens (including phenoxy) is 3. The molecule has 5 nitrogen and oxygen atoms in total. The summed E-state index contributed by atoms with van der Waals surface area (Å²) in [6, 6.07) is 10.6. The number of methoxy groups -OCH3 is 3. The third kappa shape index (κ3) is 3.87. The Labute approximate surface area is 141 Å². The molecule has 24 heavy (non-hydrogen) atoms. The van der Waals surface area contributed by atoms with E-state index < -0.39 is 0 Å². The van der Waals surface area contributed by atoms with Crippen molar-refractivity contribution in [3.8, 4) is 17.2 Å². The molecule has 5 heteroatoms. The van der Waals surface area contributed by atoms with E-state index in [0.717, 1.165) is 11.3 Å². The summed E-state index contributed by atoms with van der Waals surface area (Å²) in [5, 5.41) is 2.85. The van der Waals surface area contributed by atoms with Gasteiger partial charge in [0.05, 0.1) is 21.3 Å². The van der Waals surface area contributed by atoms with E-state index in [-0.39, 0.29) is 5.91 Å². The lowest BCUT2D eigenvalue weighted by molar-refractivity contribution is 0.102. The van der Waals surface area contributed by atoms with Crippen molar-refractivity contribution < 1.29 is 19.0 Å². The minimum atomic E-state index is -0.230. The molecule has 0 spiro atoms. The summed E-state index contributed by atoms with van der Waals surface area (Å²) in [6.45, 7) is 3.74. The topological polar surface area (TPSA) is 56.8 Å². The van der Waals surface area contributed by atoms with Gasteiger partial charge in [0.1, 0.15) is 5.75 Å². The summed E-state index contributed by atoms with van der Waals surface area (Å²) in [5.41, 5.74) is 2.01. The standard InChI is InChI=1S/C19H21NO4/c1-5-6-13-11-14(12-17(23-3)18(13)24-4)19(21)20-15-7-9-16(22-2)10-8-15/h5,7-12H,1,6H2,2-4H3,(H,20,21). The van der Waals surface area contributed by atoms with E-state index in [0.29, 0.717) is 29.2 Å². The molecule has 2 aromatic rings. The lowest BCUT2D eigenvalue weighted by atomic mass is 10.0. The maximum atomic E-state index is 12.5. The van der Waals surface area contributed by atoms with Gasteiger partial charge in [0.25, 0.3) is 5.91 Å². The van der Waals surface area contributed by atoms with Gasteiger partial charge in [0.2, 0.25) is 0 Å². The molecule has 2 aromatic carbocycles. The molecule has 126 valence electrons. The summed E-state index contributed by atoms with van der Waals surface area (Å²) in [4.78, 5) is 12.5. The molecule has 1 N–H and O–H groups in total. The smallest absolute Gasteiger partial charge is 0.255 e. The number of anilines is 1. The van der Waals surface area contributed by atoms with Gasteiger partial charge in [-0.3, -0.25) is 4.79 Å². The van der Waals surface area contributed by atoms with Crippen molar-refractivity contribution in [2.24, 2.45) is 0 Å². The Bertz CT molecular complexity index is 723. The lowest BCUT2D eigenvalue weighted by Gasteiger charge is -2.14. The first-order valence-corrected chi connectivity index (χ1v) is 7.44. The number of hydrogen-bond acceptors (Lipinski definition) is 4. The number of carbonyl (C=O) groups excluding carboxylic acids is 1. The minimum absolute atomic E-state index is 0.230. The van der Waals surface area contributed by atoms with Crippen molar-refractivity contribution >= 4 is 11.6 Å². The van der Waals surface area contributed by atoms with Crippen LogP contribution in [-0.4, -0.2) is 27.2 Å². The second-order valence-corrected chi connectivity index (χ2v) is 5.05. The van der Waals surface area contributed by atoms with Gasteiger partial charge in [-0.15, -0.1) is 6.58 Å². The first kappa shape index (κ1) is 17.4. The third-order valence-electron chi connectivity index (χ3n) is 3.53. The molecule has 0 aliphatic heterocycles.